The van der Waals surface area contributed by atoms with E-state index in [1.807, 2.05) is 24.4 Å². The Morgan fingerprint density at radius 1 is 1.62 bits per heavy atom. The van der Waals surface area contributed by atoms with Crippen LogP contribution in [0.4, 0.5) is 0 Å². The van der Waals surface area contributed by atoms with E-state index in [1.165, 1.54) is 5.56 Å². The molecule has 4 heteroatoms. The van der Waals surface area contributed by atoms with Gasteiger partial charge in [0.05, 0.1) is 6.10 Å². The Bertz CT molecular complexity index is 405. The van der Waals surface area contributed by atoms with Crippen LogP contribution in [0.3, 0.4) is 0 Å². The first kappa shape index (κ1) is 11.4. The molecule has 1 aliphatic carbocycles. The Hall–Kier alpha value is -1.13. The fourth-order valence-electron chi connectivity index (χ4n) is 1.66. The molecule has 86 valence electrons. The molecular weight excluding hydrogens is 222 g/mol. The first-order valence-electron chi connectivity index (χ1n) is 5.36. The van der Waals surface area contributed by atoms with Crippen LogP contribution in [-0.4, -0.2) is 23.2 Å². The number of rotatable bonds is 3. The minimum Gasteiger partial charge on any atom is -0.393 e. The summed E-state index contributed by atoms with van der Waals surface area (Å²) in [7, 11) is 0. The highest BCUT2D eigenvalue weighted by atomic mass is 32.1. The summed E-state index contributed by atoms with van der Waals surface area (Å²) in [6, 6.07) is 2.18. The second kappa shape index (κ2) is 4.80. The molecule has 1 amide bonds. The van der Waals surface area contributed by atoms with Crippen LogP contribution < -0.4 is 5.32 Å². The molecular formula is C12H15NO2S. The first-order chi connectivity index (χ1) is 7.65. The molecule has 0 saturated heterocycles. The summed E-state index contributed by atoms with van der Waals surface area (Å²) in [4.78, 5) is 12.6. The zero-order chi connectivity index (χ0) is 11.5. The van der Waals surface area contributed by atoms with Crippen molar-refractivity contribution in [3.05, 3.63) is 28.0 Å². The van der Waals surface area contributed by atoms with Crippen molar-refractivity contribution in [1.82, 2.24) is 5.32 Å². The van der Waals surface area contributed by atoms with Gasteiger partial charge in [0.1, 0.15) is 0 Å². The van der Waals surface area contributed by atoms with Crippen molar-refractivity contribution in [3.8, 4) is 0 Å². The van der Waals surface area contributed by atoms with Crippen LogP contribution in [-0.2, 0) is 4.79 Å². The molecule has 2 rings (SSSR count). The van der Waals surface area contributed by atoms with E-state index in [9.17, 15) is 4.79 Å². The highest BCUT2D eigenvalue weighted by molar-refractivity contribution is 7.11. The van der Waals surface area contributed by atoms with Gasteiger partial charge in [0.25, 0.3) is 0 Å². The molecule has 1 aromatic heterocycles. The Morgan fingerprint density at radius 3 is 2.94 bits per heavy atom. The molecule has 1 aromatic rings. The van der Waals surface area contributed by atoms with E-state index in [0.717, 1.165) is 4.88 Å². The second-order valence-electron chi connectivity index (χ2n) is 4.13. The second-order valence-corrected chi connectivity index (χ2v) is 5.08. The van der Waals surface area contributed by atoms with Crippen molar-refractivity contribution in [2.24, 2.45) is 0 Å². The lowest BCUT2D eigenvalue weighted by Gasteiger charge is -2.31. The molecule has 1 saturated carbocycles. The van der Waals surface area contributed by atoms with Gasteiger partial charge < -0.3 is 10.4 Å². The Kier molecular flexibility index (Phi) is 3.41. The number of hydrogen-bond acceptors (Lipinski definition) is 3. The van der Waals surface area contributed by atoms with Gasteiger partial charge in [0, 0.05) is 17.0 Å². The Morgan fingerprint density at radius 2 is 2.38 bits per heavy atom. The van der Waals surface area contributed by atoms with Crippen molar-refractivity contribution < 1.29 is 9.90 Å². The van der Waals surface area contributed by atoms with Gasteiger partial charge in [0.2, 0.25) is 5.91 Å². The first-order valence-corrected chi connectivity index (χ1v) is 6.24. The summed E-state index contributed by atoms with van der Waals surface area (Å²) in [5.74, 6) is -0.0790. The van der Waals surface area contributed by atoms with Gasteiger partial charge in [-0.25, -0.2) is 0 Å². The predicted molar refractivity (Wildman–Crippen MR) is 65.3 cm³/mol. The van der Waals surface area contributed by atoms with Crippen LogP contribution >= 0.6 is 11.3 Å². The number of nitrogens with one attached hydrogen (secondary N) is 1. The maximum atomic E-state index is 11.5. The van der Waals surface area contributed by atoms with Gasteiger partial charge >= 0.3 is 0 Å². The standard InChI is InChI=1S/C12H15NO2S/c1-8-4-5-16-11(8)2-3-12(15)13-9-6-10(14)7-9/h2-5,9-10,14H,6-7H2,1H3,(H,13,15). The van der Waals surface area contributed by atoms with Crippen LogP contribution in [0.25, 0.3) is 6.08 Å². The largest absolute Gasteiger partial charge is 0.393 e. The Labute approximate surface area is 98.8 Å². The summed E-state index contributed by atoms with van der Waals surface area (Å²) in [5.41, 5.74) is 1.19. The van der Waals surface area contributed by atoms with E-state index in [2.05, 4.69) is 5.32 Å². The lowest BCUT2D eigenvalue weighted by Crippen LogP contribution is -2.46. The SMILES string of the molecule is Cc1ccsc1C=CC(=O)NC1CC(O)C1. The van der Waals surface area contributed by atoms with E-state index >= 15 is 0 Å². The highest BCUT2D eigenvalue weighted by Crippen LogP contribution is 2.20. The molecule has 3 nitrogen and oxygen atoms in total. The van der Waals surface area contributed by atoms with E-state index in [-0.39, 0.29) is 18.1 Å². The number of aryl methyl sites for hydroxylation is 1. The number of hydrogen-bond donors (Lipinski definition) is 2. The van der Waals surface area contributed by atoms with E-state index in [4.69, 9.17) is 5.11 Å². The quantitative estimate of drug-likeness (QED) is 0.786. The third kappa shape index (κ3) is 2.71. The molecule has 2 N–H and O–H groups in total. The van der Waals surface area contributed by atoms with Crippen molar-refractivity contribution in [2.75, 3.05) is 0 Å². The lowest BCUT2D eigenvalue weighted by atomic mass is 9.89. The molecule has 1 fully saturated rings. The Balaban J connectivity index is 1.83. The highest BCUT2D eigenvalue weighted by Gasteiger charge is 2.27. The molecule has 16 heavy (non-hydrogen) atoms. The zero-order valence-electron chi connectivity index (χ0n) is 9.14. The molecule has 0 radical (unpaired) electrons. The predicted octanol–water partition coefficient (Wildman–Crippen LogP) is 1.71. The maximum Gasteiger partial charge on any atom is 0.244 e. The van der Waals surface area contributed by atoms with Gasteiger partial charge in [-0.2, -0.15) is 0 Å². The number of carbonyl (C=O) groups excluding carboxylic acids is 1. The number of carbonyl (C=O) groups is 1. The number of aliphatic hydroxyl groups excluding tert-OH is 1. The summed E-state index contributed by atoms with van der Waals surface area (Å²) in [6.07, 6.45) is 4.53. The fourth-order valence-corrected chi connectivity index (χ4v) is 2.48. The minimum atomic E-state index is -0.228. The van der Waals surface area contributed by atoms with Gasteiger partial charge in [-0.3, -0.25) is 4.79 Å². The molecule has 0 bridgehead atoms. The van der Waals surface area contributed by atoms with Crippen molar-refractivity contribution in [2.45, 2.75) is 31.9 Å². The van der Waals surface area contributed by atoms with Gasteiger partial charge in [0.15, 0.2) is 0 Å². The van der Waals surface area contributed by atoms with Crippen LogP contribution in [0.15, 0.2) is 17.5 Å². The fraction of sp³-hybridized carbons (Fsp3) is 0.417. The summed E-state index contributed by atoms with van der Waals surface area (Å²) in [6.45, 7) is 2.02. The average Bonchev–Trinajstić information content (AvgIpc) is 2.59. The monoisotopic (exact) mass is 237 g/mol. The van der Waals surface area contributed by atoms with Crippen molar-refractivity contribution in [1.29, 1.82) is 0 Å². The van der Waals surface area contributed by atoms with Crippen molar-refractivity contribution >= 4 is 23.3 Å². The van der Waals surface area contributed by atoms with Crippen molar-refractivity contribution in [3.63, 3.8) is 0 Å². The molecule has 1 aliphatic rings. The van der Waals surface area contributed by atoms with Crippen LogP contribution in [0.5, 0.6) is 0 Å². The summed E-state index contributed by atoms with van der Waals surface area (Å²) < 4.78 is 0. The van der Waals surface area contributed by atoms with E-state index in [0.29, 0.717) is 12.8 Å². The molecule has 1 heterocycles. The summed E-state index contributed by atoms with van der Waals surface area (Å²) >= 11 is 1.62. The number of amides is 1. The van der Waals surface area contributed by atoms with Gasteiger partial charge in [-0.15, -0.1) is 11.3 Å². The molecule has 0 spiro atoms. The smallest absolute Gasteiger partial charge is 0.244 e. The third-order valence-corrected chi connectivity index (χ3v) is 3.73. The zero-order valence-corrected chi connectivity index (χ0v) is 9.96. The molecule has 0 atom stereocenters. The van der Waals surface area contributed by atoms with Crippen LogP contribution in [0, 0.1) is 6.92 Å². The van der Waals surface area contributed by atoms with Crippen LogP contribution in [0.2, 0.25) is 0 Å². The maximum absolute atomic E-state index is 11.5. The topological polar surface area (TPSA) is 49.3 Å². The van der Waals surface area contributed by atoms with E-state index < -0.39 is 0 Å². The minimum absolute atomic E-state index is 0.0790. The molecule has 0 aromatic carbocycles. The summed E-state index contributed by atoms with van der Waals surface area (Å²) in [5, 5.41) is 13.9. The number of thiophene rings is 1. The normalized spacial score (nSPS) is 24.4. The number of aliphatic hydroxyl groups is 1. The average molecular weight is 237 g/mol. The van der Waals surface area contributed by atoms with E-state index in [1.54, 1.807) is 17.4 Å². The van der Waals surface area contributed by atoms with Crippen LogP contribution in [0.1, 0.15) is 23.3 Å². The van der Waals surface area contributed by atoms with Gasteiger partial charge in [-0.05, 0) is 42.9 Å². The lowest BCUT2D eigenvalue weighted by molar-refractivity contribution is -0.118. The van der Waals surface area contributed by atoms with Gasteiger partial charge in [-0.1, -0.05) is 0 Å². The third-order valence-electron chi connectivity index (χ3n) is 2.75. The molecule has 0 unspecified atom stereocenters. The molecule has 0 aliphatic heterocycles.